The monoisotopic (exact) mass is 378 g/mol. The second-order valence-corrected chi connectivity index (χ2v) is 8.73. The Morgan fingerprint density at radius 2 is 1.96 bits per heavy atom. The van der Waals surface area contributed by atoms with Crippen molar-refractivity contribution >= 4 is 10.0 Å². The standard InChI is InChI=1S/C18H26N4O3S/c1-13-18(14(2)20-19-13)26(23,24)22-10-11-25-16(12-21(3)4)17(22)15-8-6-5-7-9-15/h5-9,16-17H,10-12H2,1-4H3,(H,19,20)/t16-,17-/m0/s1. The minimum absolute atomic E-state index is 0.247. The van der Waals surface area contributed by atoms with E-state index in [-0.39, 0.29) is 17.0 Å². The summed E-state index contributed by atoms with van der Waals surface area (Å²) >= 11 is 0. The van der Waals surface area contributed by atoms with Gasteiger partial charge in [-0.1, -0.05) is 30.3 Å². The Kier molecular flexibility index (Phi) is 5.47. The molecule has 2 aromatic rings. The van der Waals surface area contributed by atoms with Crippen molar-refractivity contribution in [1.29, 1.82) is 0 Å². The molecule has 8 heteroatoms. The highest BCUT2D eigenvalue weighted by Crippen LogP contribution is 2.35. The fraction of sp³-hybridized carbons (Fsp3) is 0.500. The molecule has 0 spiro atoms. The SMILES string of the molecule is Cc1n[nH]c(C)c1S(=O)(=O)N1CCO[C@@H](CN(C)C)[C@@H]1c1ccccc1. The van der Waals surface area contributed by atoms with E-state index in [0.29, 0.717) is 31.1 Å². The van der Waals surface area contributed by atoms with Gasteiger partial charge in [-0.2, -0.15) is 9.40 Å². The molecule has 0 saturated carbocycles. The predicted octanol–water partition coefficient (Wildman–Crippen LogP) is 1.72. The predicted molar refractivity (Wildman–Crippen MR) is 99.4 cm³/mol. The Bertz CT molecular complexity index is 829. The van der Waals surface area contributed by atoms with Crippen LogP contribution in [0.25, 0.3) is 0 Å². The summed E-state index contributed by atoms with van der Waals surface area (Å²) in [4.78, 5) is 2.29. The van der Waals surface area contributed by atoms with Crippen LogP contribution in [0.2, 0.25) is 0 Å². The third-order valence-corrected chi connectivity index (χ3v) is 6.76. The van der Waals surface area contributed by atoms with E-state index in [2.05, 4.69) is 10.2 Å². The number of benzene rings is 1. The zero-order valence-corrected chi connectivity index (χ0v) is 16.5. The van der Waals surface area contributed by atoms with Crippen molar-refractivity contribution in [1.82, 2.24) is 19.4 Å². The molecule has 142 valence electrons. The second kappa shape index (κ2) is 7.48. The van der Waals surface area contributed by atoms with Crippen molar-refractivity contribution < 1.29 is 13.2 Å². The van der Waals surface area contributed by atoms with Gasteiger partial charge in [-0.3, -0.25) is 5.10 Å². The zero-order valence-electron chi connectivity index (χ0n) is 15.6. The van der Waals surface area contributed by atoms with Crippen molar-refractivity contribution in [2.45, 2.75) is 30.9 Å². The summed E-state index contributed by atoms with van der Waals surface area (Å²) in [5.74, 6) is 0. The van der Waals surface area contributed by atoms with Crippen LogP contribution in [-0.4, -0.2) is 67.7 Å². The molecular weight excluding hydrogens is 352 g/mol. The lowest BCUT2D eigenvalue weighted by atomic mass is 9.99. The number of hydrogen-bond acceptors (Lipinski definition) is 5. The van der Waals surface area contributed by atoms with Gasteiger partial charge in [-0.25, -0.2) is 8.42 Å². The van der Waals surface area contributed by atoms with E-state index >= 15 is 0 Å². The Hall–Kier alpha value is -1.74. The summed E-state index contributed by atoms with van der Waals surface area (Å²) in [6, 6.07) is 9.31. The molecule has 1 saturated heterocycles. The molecule has 1 N–H and O–H groups in total. The number of aromatic amines is 1. The number of morpholine rings is 1. The van der Waals surface area contributed by atoms with E-state index in [4.69, 9.17) is 4.74 Å². The van der Waals surface area contributed by atoms with Crippen LogP contribution in [-0.2, 0) is 14.8 Å². The number of likely N-dealkylation sites (N-methyl/N-ethyl adjacent to an activating group) is 1. The van der Waals surface area contributed by atoms with Gasteiger partial charge in [0.05, 0.1) is 30.1 Å². The van der Waals surface area contributed by atoms with E-state index in [0.717, 1.165) is 5.56 Å². The number of aromatic nitrogens is 2. The van der Waals surface area contributed by atoms with E-state index in [1.807, 2.05) is 49.3 Å². The molecule has 3 rings (SSSR count). The fourth-order valence-corrected chi connectivity index (χ4v) is 5.52. The molecule has 26 heavy (non-hydrogen) atoms. The van der Waals surface area contributed by atoms with Gasteiger partial charge in [0.1, 0.15) is 4.90 Å². The van der Waals surface area contributed by atoms with E-state index < -0.39 is 10.0 Å². The fourth-order valence-electron chi connectivity index (χ4n) is 3.56. The normalized spacial score (nSPS) is 22.0. The van der Waals surface area contributed by atoms with Gasteiger partial charge in [-0.05, 0) is 33.5 Å². The van der Waals surface area contributed by atoms with Crippen molar-refractivity contribution in [3.63, 3.8) is 0 Å². The molecule has 0 radical (unpaired) electrons. The van der Waals surface area contributed by atoms with Crippen molar-refractivity contribution in [2.24, 2.45) is 0 Å². The Morgan fingerprint density at radius 3 is 2.54 bits per heavy atom. The molecule has 1 fully saturated rings. The number of hydrogen-bond donors (Lipinski definition) is 1. The third-order valence-electron chi connectivity index (χ3n) is 4.62. The number of aryl methyl sites for hydroxylation is 2. The van der Waals surface area contributed by atoms with Gasteiger partial charge >= 0.3 is 0 Å². The van der Waals surface area contributed by atoms with Gasteiger partial charge in [-0.15, -0.1) is 0 Å². The first kappa shape index (κ1) is 19.0. The van der Waals surface area contributed by atoms with Gasteiger partial charge in [0.2, 0.25) is 10.0 Å². The summed E-state index contributed by atoms with van der Waals surface area (Å²) in [6.45, 7) is 4.77. The van der Waals surface area contributed by atoms with Crippen molar-refractivity contribution in [2.75, 3.05) is 33.8 Å². The van der Waals surface area contributed by atoms with Crippen LogP contribution in [0, 0.1) is 13.8 Å². The lowest BCUT2D eigenvalue weighted by Crippen LogP contribution is -2.51. The second-order valence-electron chi connectivity index (χ2n) is 6.91. The molecule has 1 aromatic carbocycles. The topological polar surface area (TPSA) is 78.5 Å². The lowest BCUT2D eigenvalue weighted by Gasteiger charge is -2.41. The van der Waals surface area contributed by atoms with Crippen molar-refractivity contribution in [3.8, 4) is 0 Å². The molecule has 0 unspecified atom stereocenters. The summed E-state index contributed by atoms with van der Waals surface area (Å²) in [7, 11) is 0.218. The van der Waals surface area contributed by atoms with Gasteiger partial charge in [0.25, 0.3) is 0 Å². The summed E-state index contributed by atoms with van der Waals surface area (Å²) < 4.78 is 34.6. The highest BCUT2D eigenvalue weighted by Gasteiger charge is 2.42. The first-order valence-corrected chi connectivity index (χ1v) is 10.1. The van der Waals surface area contributed by atoms with Gasteiger partial charge < -0.3 is 9.64 Å². The number of nitrogens with zero attached hydrogens (tertiary/aromatic N) is 3. The van der Waals surface area contributed by atoms with Gasteiger partial charge in [0.15, 0.2) is 0 Å². The maximum atomic E-state index is 13.5. The number of H-pyrrole nitrogens is 1. The average Bonchev–Trinajstić information content (AvgIpc) is 2.94. The molecule has 2 heterocycles. The summed E-state index contributed by atoms with van der Waals surface area (Å²) in [5.41, 5.74) is 1.98. The molecule has 7 nitrogen and oxygen atoms in total. The maximum absolute atomic E-state index is 13.5. The zero-order chi connectivity index (χ0) is 18.9. The van der Waals surface area contributed by atoms with E-state index in [9.17, 15) is 8.42 Å². The number of rotatable bonds is 5. The lowest BCUT2D eigenvalue weighted by molar-refractivity contribution is -0.0514. The van der Waals surface area contributed by atoms with Crippen LogP contribution >= 0.6 is 0 Å². The molecule has 1 aliphatic rings. The molecule has 0 amide bonds. The van der Waals surface area contributed by atoms with Crippen LogP contribution in [0.4, 0.5) is 0 Å². The van der Waals surface area contributed by atoms with Crippen LogP contribution in [0.5, 0.6) is 0 Å². The summed E-state index contributed by atoms with van der Waals surface area (Å²) in [6.07, 6.45) is -0.247. The number of ether oxygens (including phenoxy) is 1. The van der Waals surface area contributed by atoms with E-state index in [1.54, 1.807) is 18.2 Å². The average molecular weight is 378 g/mol. The minimum atomic E-state index is -3.71. The molecule has 0 aliphatic carbocycles. The van der Waals surface area contributed by atoms with E-state index in [1.165, 1.54) is 0 Å². The Morgan fingerprint density at radius 1 is 1.27 bits per heavy atom. The largest absolute Gasteiger partial charge is 0.373 e. The smallest absolute Gasteiger partial charge is 0.247 e. The van der Waals surface area contributed by atoms with Crippen LogP contribution in [0.15, 0.2) is 35.2 Å². The Balaban J connectivity index is 2.08. The third kappa shape index (κ3) is 3.55. The maximum Gasteiger partial charge on any atom is 0.247 e. The molecular formula is C18H26N4O3S. The number of nitrogens with one attached hydrogen (secondary N) is 1. The first-order chi connectivity index (χ1) is 12.3. The van der Waals surface area contributed by atoms with Gasteiger partial charge in [0, 0.05) is 13.1 Å². The minimum Gasteiger partial charge on any atom is -0.373 e. The van der Waals surface area contributed by atoms with Crippen LogP contribution in [0.3, 0.4) is 0 Å². The Labute approximate surface area is 155 Å². The molecule has 1 aliphatic heterocycles. The molecule has 0 bridgehead atoms. The van der Waals surface area contributed by atoms with Crippen LogP contribution < -0.4 is 0 Å². The van der Waals surface area contributed by atoms with Crippen molar-refractivity contribution in [3.05, 3.63) is 47.3 Å². The molecule has 1 aromatic heterocycles. The highest BCUT2D eigenvalue weighted by molar-refractivity contribution is 7.89. The van der Waals surface area contributed by atoms with Crippen LogP contribution in [0.1, 0.15) is 23.0 Å². The quantitative estimate of drug-likeness (QED) is 0.857. The highest BCUT2D eigenvalue weighted by atomic mass is 32.2. The number of sulfonamides is 1. The first-order valence-electron chi connectivity index (χ1n) is 8.67. The molecule has 2 atom stereocenters. The summed E-state index contributed by atoms with van der Waals surface area (Å²) in [5, 5.41) is 6.86.